The Labute approximate surface area is 239 Å². The zero-order valence-electron chi connectivity index (χ0n) is 22.1. The van der Waals surface area contributed by atoms with Crippen LogP contribution in [0.4, 0.5) is 10.0 Å². The van der Waals surface area contributed by atoms with E-state index in [9.17, 15) is 9.59 Å². The van der Waals surface area contributed by atoms with Gasteiger partial charge in [-0.1, -0.05) is 12.8 Å². The fraction of sp³-hybridized carbons (Fsp3) is 0.560. The van der Waals surface area contributed by atoms with Gasteiger partial charge in [0.25, 0.3) is 0 Å². The SMILES string of the molecule is NC(=O)C(C(N)N)C(NCN[C@H]1CCCC[C@H]1N)Nc1cc(-c2coc3c(=O)cc(N4CCOCC4)sc23)ns1. The molecule has 2 unspecified atom stereocenters. The number of hydrogen-bond acceptors (Lipinski definition) is 14. The highest BCUT2D eigenvalue weighted by Gasteiger charge is 2.31. The summed E-state index contributed by atoms with van der Waals surface area (Å²) in [6.45, 7) is 3.06. The summed E-state index contributed by atoms with van der Waals surface area (Å²) in [7, 11) is 0. The fourth-order valence-corrected chi connectivity index (χ4v) is 7.11. The molecule has 3 aromatic rings. The molecule has 0 bridgehead atoms. The van der Waals surface area contributed by atoms with Crippen LogP contribution in [0.5, 0.6) is 0 Å². The molecule has 1 saturated heterocycles. The first kappa shape index (κ1) is 28.9. The lowest BCUT2D eigenvalue weighted by atomic mass is 9.91. The largest absolute Gasteiger partial charge is 0.459 e. The minimum atomic E-state index is -0.986. The van der Waals surface area contributed by atoms with Gasteiger partial charge in [0.1, 0.15) is 11.3 Å². The van der Waals surface area contributed by atoms with E-state index in [0.29, 0.717) is 36.2 Å². The van der Waals surface area contributed by atoms with Crippen molar-refractivity contribution in [3.63, 3.8) is 0 Å². The fourth-order valence-electron chi connectivity index (χ4n) is 5.23. The number of anilines is 2. The normalized spacial score (nSPS) is 21.6. The Hall–Kier alpha value is -2.63. The molecule has 3 aromatic heterocycles. The van der Waals surface area contributed by atoms with Crippen LogP contribution in [0.1, 0.15) is 25.7 Å². The highest BCUT2D eigenvalue weighted by atomic mass is 32.1. The number of hydrogen-bond donors (Lipinski definition) is 7. The van der Waals surface area contributed by atoms with Crippen molar-refractivity contribution >= 4 is 49.1 Å². The van der Waals surface area contributed by atoms with Crippen LogP contribution in [-0.4, -0.2) is 67.7 Å². The van der Waals surface area contributed by atoms with Crippen molar-refractivity contribution in [1.82, 2.24) is 15.0 Å². The van der Waals surface area contributed by atoms with E-state index < -0.39 is 24.2 Å². The standard InChI is InChI=1S/C25H37N9O4S2/c26-14-3-1-2-4-15(14)30-12-31-25(20(23(27)28)24(29)36)32-18-9-16(33-40-18)13-11-38-21-17(35)10-19(39-22(13)21)34-5-7-37-8-6-34/h9-11,14-15,20,23,25,30-32H,1-8,12,26-28H2,(H2,29,36)/t14-,15+,20?,25?/m1/s1. The number of nitrogens with two attached hydrogens (primary N) is 4. The molecule has 0 aromatic carbocycles. The van der Waals surface area contributed by atoms with E-state index in [1.165, 1.54) is 22.9 Å². The van der Waals surface area contributed by atoms with E-state index in [-0.39, 0.29) is 17.5 Å². The number of carbonyl (C=O) groups is 1. The van der Waals surface area contributed by atoms with Crippen molar-refractivity contribution < 1.29 is 13.9 Å². The van der Waals surface area contributed by atoms with E-state index in [1.807, 2.05) is 6.07 Å². The minimum Gasteiger partial charge on any atom is -0.459 e. The number of rotatable bonds is 11. The third-order valence-electron chi connectivity index (χ3n) is 7.45. The monoisotopic (exact) mass is 591 g/mol. The zero-order chi connectivity index (χ0) is 28.2. The van der Waals surface area contributed by atoms with Gasteiger partial charge in [-0.25, -0.2) is 0 Å². The summed E-state index contributed by atoms with van der Waals surface area (Å²) < 4.78 is 16.4. The van der Waals surface area contributed by atoms with Gasteiger partial charge in [0.05, 0.1) is 52.4 Å². The molecule has 13 nitrogen and oxygen atoms in total. The lowest BCUT2D eigenvalue weighted by Gasteiger charge is -2.32. The number of fused-ring (bicyclic) bond motifs is 1. The molecule has 15 heteroatoms. The smallest absolute Gasteiger partial charge is 0.226 e. The quantitative estimate of drug-likeness (QED) is 0.150. The lowest BCUT2D eigenvalue weighted by Crippen LogP contribution is -2.60. The van der Waals surface area contributed by atoms with Crippen molar-refractivity contribution in [3.05, 3.63) is 28.6 Å². The molecule has 218 valence electrons. The third kappa shape index (κ3) is 6.47. The number of ether oxygens (including phenoxy) is 1. The van der Waals surface area contributed by atoms with Crippen molar-refractivity contribution in [2.45, 2.75) is 50.1 Å². The van der Waals surface area contributed by atoms with Crippen molar-refractivity contribution in [2.75, 3.05) is 43.2 Å². The van der Waals surface area contributed by atoms with Crippen LogP contribution in [0.3, 0.4) is 0 Å². The number of primary amides is 1. The van der Waals surface area contributed by atoms with E-state index in [2.05, 4.69) is 25.2 Å². The third-order valence-corrected chi connectivity index (χ3v) is 9.36. The van der Waals surface area contributed by atoms with Gasteiger partial charge in [-0.05, 0) is 24.4 Å². The van der Waals surface area contributed by atoms with Gasteiger partial charge in [0.15, 0.2) is 5.58 Å². The summed E-state index contributed by atoms with van der Waals surface area (Å²) in [5.74, 6) is -1.52. The van der Waals surface area contributed by atoms with Crippen LogP contribution in [0.25, 0.3) is 21.5 Å². The van der Waals surface area contributed by atoms with Gasteiger partial charge < -0.3 is 47.6 Å². The number of nitrogens with one attached hydrogen (secondary N) is 3. The molecular formula is C25H37N9O4S2. The average molecular weight is 592 g/mol. The molecule has 1 amide bonds. The summed E-state index contributed by atoms with van der Waals surface area (Å²) in [5, 5.41) is 11.6. The first-order valence-electron chi connectivity index (χ1n) is 13.5. The molecule has 1 saturated carbocycles. The maximum Gasteiger partial charge on any atom is 0.226 e. The lowest BCUT2D eigenvalue weighted by molar-refractivity contribution is -0.123. The number of furan rings is 1. The summed E-state index contributed by atoms with van der Waals surface area (Å²) >= 11 is 2.70. The van der Waals surface area contributed by atoms with Gasteiger partial charge in [-0.2, -0.15) is 4.37 Å². The summed E-state index contributed by atoms with van der Waals surface area (Å²) in [6.07, 6.45) is 4.13. The van der Waals surface area contributed by atoms with Crippen LogP contribution >= 0.6 is 22.9 Å². The number of morpholine rings is 1. The molecule has 2 aliphatic rings. The van der Waals surface area contributed by atoms with Crippen LogP contribution in [-0.2, 0) is 9.53 Å². The Morgan fingerprint density at radius 3 is 2.70 bits per heavy atom. The number of amides is 1. The number of carbonyl (C=O) groups excluding carboxylic acids is 1. The summed E-state index contributed by atoms with van der Waals surface area (Å²) in [6, 6.07) is 3.72. The van der Waals surface area contributed by atoms with Gasteiger partial charge in [0, 0.05) is 44.0 Å². The summed E-state index contributed by atoms with van der Waals surface area (Å²) in [5.41, 5.74) is 25.3. The second kappa shape index (κ2) is 12.9. The Morgan fingerprint density at radius 2 is 1.98 bits per heavy atom. The first-order valence-corrected chi connectivity index (χ1v) is 15.1. The van der Waals surface area contributed by atoms with Crippen LogP contribution in [0, 0.1) is 5.92 Å². The van der Waals surface area contributed by atoms with Crippen LogP contribution in [0.15, 0.2) is 27.6 Å². The molecule has 4 heterocycles. The highest BCUT2D eigenvalue weighted by Crippen LogP contribution is 2.37. The van der Waals surface area contributed by atoms with E-state index >= 15 is 0 Å². The van der Waals surface area contributed by atoms with Gasteiger partial charge in [-0.3, -0.25) is 14.9 Å². The van der Waals surface area contributed by atoms with Gasteiger partial charge in [-0.15, -0.1) is 11.3 Å². The maximum atomic E-state index is 12.8. The van der Waals surface area contributed by atoms with Crippen molar-refractivity contribution in [1.29, 1.82) is 0 Å². The zero-order valence-corrected chi connectivity index (χ0v) is 23.8. The van der Waals surface area contributed by atoms with Gasteiger partial charge in [0.2, 0.25) is 11.3 Å². The van der Waals surface area contributed by atoms with Crippen LogP contribution in [0.2, 0.25) is 0 Å². The Morgan fingerprint density at radius 1 is 1.20 bits per heavy atom. The Kier molecular flexibility index (Phi) is 9.32. The number of nitrogens with zero attached hydrogens (tertiary/aromatic N) is 2. The topological polar surface area (TPSA) is 213 Å². The average Bonchev–Trinajstić information content (AvgIpc) is 3.57. The second-order valence-corrected chi connectivity index (χ2v) is 12.0. The van der Waals surface area contributed by atoms with Crippen molar-refractivity contribution in [3.8, 4) is 11.3 Å². The first-order chi connectivity index (χ1) is 19.3. The Balaban J connectivity index is 1.35. The molecule has 1 aliphatic carbocycles. The summed E-state index contributed by atoms with van der Waals surface area (Å²) in [4.78, 5) is 27.3. The molecule has 40 heavy (non-hydrogen) atoms. The minimum absolute atomic E-state index is 0.0824. The van der Waals surface area contributed by atoms with E-state index in [4.69, 9.17) is 32.1 Å². The van der Waals surface area contributed by atoms with Crippen molar-refractivity contribution in [2.24, 2.45) is 28.9 Å². The second-order valence-electron chi connectivity index (χ2n) is 10.2. The molecule has 4 atom stereocenters. The molecule has 0 radical (unpaired) electrons. The molecular weight excluding hydrogens is 554 g/mol. The highest BCUT2D eigenvalue weighted by molar-refractivity contribution is 7.22. The maximum absolute atomic E-state index is 12.8. The van der Waals surface area contributed by atoms with E-state index in [0.717, 1.165) is 54.0 Å². The predicted molar refractivity (Wildman–Crippen MR) is 158 cm³/mol. The van der Waals surface area contributed by atoms with E-state index in [1.54, 1.807) is 12.3 Å². The van der Waals surface area contributed by atoms with Gasteiger partial charge >= 0.3 is 0 Å². The molecule has 1 aliphatic heterocycles. The molecule has 11 N–H and O–H groups in total. The number of aromatic nitrogens is 1. The molecule has 5 rings (SSSR count). The van der Waals surface area contributed by atoms with Crippen LogP contribution < -0.4 is 49.2 Å². The molecule has 0 spiro atoms. The molecule has 2 fully saturated rings. The predicted octanol–water partition coefficient (Wildman–Crippen LogP) is 0.304. The Bertz CT molecular complexity index is 1350.